The number of furan rings is 1. The van der Waals surface area contributed by atoms with Gasteiger partial charge in [-0.2, -0.15) is 0 Å². The van der Waals surface area contributed by atoms with Crippen LogP contribution in [0.3, 0.4) is 0 Å². The highest BCUT2D eigenvalue weighted by molar-refractivity contribution is 5.93. The van der Waals surface area contributed by atoms with Gasteiger partial charge in [0.25, 0.3) is 11.5 Å². The Balaban J connectivity index is 1.83. The Morgan fingerprint density at radius 2 is 2.16 bits per heavy atom. The summed E-state index contributed by atoms with van der Waals surface area (Å²) in [6, 6.07) is 7.14. The van der Waals surface area contributed by atoms with Gasteiger partial charge in [0, 0.05) is 18.9 Å². The van der Waals surface area contributed by atoms with Crippen LogP contribution in [0.1, 0.15) is 27.7 Å². The van der Waals surface area contributed by atoms with E-state index in [-0.39, 0.29) is 17.2 Å². The van der Waals surface area contributed by atoms with Gasteiger partial charge < -0.3 is 9.73 Å². The number of hydrogen-bond donors (Lipinski definition) is 1. The van der Waals surface area contributed by atoms with Crippen molar-refractivity contribution in [3.63, 3.8) is 0 Å². The molecule has 3 aromatic rings. The molecule has 3 rings (SSSR count). The van der Waals surface area contributed by atoms with Crippen LogP contribution in [0.5, 0.6) is 0 Å². The number of carbonyl (C=O) groups is 1. The van der Waals surface area contributed by atoms with Crippen LogP contribution < -0.4 is 10.9 Å². The van der Waals surface area contributed by atoms with E-state index in [1.54, 1.807) is 24.6 Å². The van der Waals surface area contributed by atoms with Crippen molar-refractivity contribution in [1.82, 2.24) is 19.6 Å². The van der Waals surface area contributed by atoms with E-state index in [1.807, 2.05) is 38.1 Å². The highest BCUT2D eigenvalue weighted by Gasteiger charge is 2.20. The third-order valence-corrected chi connectivity index (χ3v) is 4.05. The Kier molecular flexibility index (Phi) is 4.67. The van der Waals surface area contributed by atoms with Crippen LogP contribution in [0.15, 0.2) is 52.1 Å². The lowest BCUT2D eigenvalue weighted by Crippen LogP contribution is -2.37. The lowest BCUT2D eigenvalue weighted by Gasteiger charge is -2.22. The van der Waals surface area contributed by atoms with E-state index in [1.165, 1.54) is 10.6 Å². The number of pyridine rings is 1. The van der Waals surface area contributed by atoms with E-state index in [2.05, 4.69) is 10.3 Å². The minimum atomic E-state index is -0.452. The monoisotopic (exact) mass is 340 g/mol. The summed E-state index contributed by atoms with van der Waals surface area (Å²) < 4.78 is 6.81. The Morgan fingerprint density at radius 3 is 2.84 bits per heavy atom. The third-order valence-electron chi connectivity index (χ3n) is 4.05. The van der Waals surface area contributed by atoms with Crippen LogP contribution in [0, 0.1) is 6.92 Å². The largest absolute Gasteiger partial charge is 0.468 e. The minimum Gasteiger partial charge on any atom is -0.468 e. The number of likely N-dealkylation sites (N-methyl/N-ethyl adjacent to an activating group) is 1. The van der Waals surface area contributed by atoms with Gasteiger partial charge in [0.2, 0.25) is 0 Å². The molecule has 3 heterocycles. The zero-order valence-electron chi connectivity index (χ0n) is 14.4. The Morgan fingerprint density at radius 1 is 1.36 bits per heavy atom. The molecule has 3 aromatic heterocycles. The molecule has 0 aliphatic rings. The lowest BCUT2D eigenvalue weighted by atomic mass is 10.2. The van der Waals surface area contributed by atoms with Crippen molar-refractivity contribution in [1.29, 1.82) is 0 Å². The van der Waals surface area contributed by atoms with Gasteiger partial charge in [0.1, 0.15) is 17.0 Å². The van der Waals surface area contributed by atoms with Crippen molar-refractivity contribution in [2.45, 2.75) is 13.0 Å². The molecular weight excluding hydrogens is 320 g/mol. The molecule has 1 atom stereocenters. The maximum atomic E-state index is 12.6. The summed E-state index contributed by atoms with van der Waals surface area (Å²) in [5, 5.41) is 2.79. The normalized spacial score (nSPS) is 12.5. The SMILES string of the molecule is Cc1ccc2ncc(C(=O)NCC(c3ccco3)N(C)C)c(=O)n2c1. The number of fused-ring (bicyclic) bond motifs is 1. The van der Waals surface area contributed by atoms with Crippen LogP contribution in [-0.2, 0) is 0 Å². The first-order chi connectivity index (χ1) is 12.0. The number of rotatable bonds is 5. The molecule has 0 radical (unpaired) electrons. The first-order valence-electron chi connectivity index (χ1n) is 7.93. The Bertz CT molecular complexity index is 945. The van der Waals surface area contributed by atoms with Crippen molar-refractivity contribution in [3.05, 3.63) is 70.2 Å². The number of nitrogens with zero attached hydrogens (tertiary/aromatic N) is 3. The molecule has 0 bridgehead atoms. The third kappa shape index (κ3) is 3.46. The Hall–Kier alpha value is -2.93. The minimum absolute atomic E-state index is 0.0139. The van der Waals surface area contributed by atoms with E-state index >= 15 is 0 Å². The van der Waals surface area contributed by atoms with Gasteiger partial charge in [0.15, 0.2) is 0 Å². The second-order valence-electron chi connectivity index (χ2n) is 6.12. The standard InChI is InChI=1S/C18H20N4O3/c1-12-6-7-16-19-9-13(18(24)22(16)11-12)17(23)20-10-14(21(2)3)15-5-4-8-25-15/h4-9,11,14H,10H2,1-3H3,(H,20,23). The van der Waals surface area contributed by atoms with Crippen molar-refractivity contribution >= 4 is 11.6 Å². The van der Waals surface area contributed by atoms with Gasteiger partial charge in [-0.05, 0) is 44.8 Å². The van der Waals surface area contributed by atoms with E-state index in [4.69, 9.17) is 4.42 Å². The summed E-state index contributed by atoms with van der Waals surface area (Å²) in [5.74, 6) is 0.293. The maximum absolute atomic E-state index is 12.6. The Labute approximate surface area is 144 Å². The molecule has 7 nitrogen and oxygen atoms in total. The number of aryl methyl sites for hydroxylation is 1. The number of aromatic nitrogens is 2. The molecule has 0 saturated carbocycles. The van der Waals surface area contributed by atoms with E-state index in [0.29, 0.717) is 12.2 Å². The molecule has 1 N–H and O–H groups in total. The fraction of sp³-hybridized carbons (Fsp3) is 0.278. The fourth-order valence-electron chi connectivity index (χ4n) is 2.64. The predicted molar refractivity (Wildman–Crippen MR) is 93.7 cm³/mol. The predicted octanol–water partition coefficient (Wildman–Crippen LogP) is 1.63. The summed E-state index contributed by atoms with van der Waals surface area (Å²) in [7, 11) is 3.79. The molecular formula is C18H20N4O3. The molecule has 0 aliphatic carbocycles. The fourth-order valence-corrected chi connectivity index (χ4v) is 2.64. The zero-order chi connectivity index (χ0) is 18.0. The smallest absolute Gasteiger partial charge is 0.270 e. The topological polar surface area (TPSA) is 79.8 Å². The van der Waals surface area contributed by atoms with E-state index < -0.39 is 5.91 Å². The quantitative estimate of drug-likeness (QED) is 0.764. The van der Waals surface area contributed by atoms with Crippen LogP contribution in [0.4, 0.5) is 0 Å². The average Bonchev–Trinajstić information content (AvgIpc) is 3.09. The number of carbonyl (C=O) groups excluding carboxylic acids is 1. The van der Waals surface area contributed by atoms with Crippen LogP contribution >= 0.6 is 0 Å². The molecule has 1 amide bonds. The first kappa shape index (κ1) is 16.9. The molecule has 1 unspecified atom stereocenters. The maximum Gasteiger partial charge on any atom is 0.270 e. The van der Waals surface area contributed by atoms with Gasteiger partial charge in [-0.3, -0.25) is 18.9 Å². The molecule has 0 spiro atoms. The summed E-state index contributed by atoms with van der Waals surface area (Å²) in [6.07, 6.45) is 4.59. The van der Waals surface area contributed by atoms with Crippen molar-refractivity contribution in [2.75, 3.05) is 20.6 Å². The van der Waals surface area contributed by atoms with Crippen LogP contribution in [0.25, 0.3) is 5.65 Å². The van der Waals surface area contributed by atoms with Crippen molar-refractivity contribution in [2.24, 2.45) is 0 Å². The molecule has 7 heteroatoms. The summed E-state index contributed by atoms with van der Waals surface area (Å²) in [4.78, 5) is 31.2. The summed E-state index contributed by atoms with van der Waals surface area (Å²) >= 11 is 0. The number of nitrogens with one attached hydrogen (secondary N) is 1. The summed E-state index contributed by atoms with van der Waals surface area (Å²) in [6.45, 7) is 2.19. The van der Waals surface area contributed by atoms with Gasteiger partial charge in [0.05, 0.1) is 12.3 Å². The lowest BCUT2D eigenvalue weighted by molar-refractivity contribution is 0.0937. The van der Waals surface area contributed by atoms with Gasteiger partial charge >= 0.3 is 0 Å². The van der Waals surface area contributed by atoms with E-state index in [9.17, 15) is 9.59 Å². The second-order valence-corrected chi connectivity index (χ2v) is 6.12. The molecule has 130 valence electrons. The molecule has 0 saturated heterocycles. The number of hydrogen-bond acceptors (Lipinski definition) is 5. The summed E-state index contributed by atoms with van der Waals surface area (Å²) in [5.41, 5.74) is 1.05. The first-order valence-corrected chi connectivity index (χ1v) is 7.93. The van der Waals surface area contributed by atoms with Gasteiger partial charge in [-0.15, -0.1) is 0 Å². The van der Waals surface area contributed by atoms with Crippen LogP contribution in [-0.4, -0.2) is 40.8 Å². The highest BCUT2D eigenvalue weighted by Crippen LogP contribution is 2.17. The van der Waals surface area contributed by atoms with E-state index in [0.717, 1.165) is 11.3 Å². The van der Waals surface area contributed by atoms with Crippen molar-refractivity contribution in [3.8, 4) is 0 Å². The average molecular weight is 340 g/mol. The molecule has 0 fully saturated rings. The van der Waals surface area contributed by atoms with Crippen molar-refractivity contribution < 1.29 is 9.21 Å². The van der Waals surface area contributed by atoms with Gasteiger partial charge in [-0.1, -0.05) is 6.07 Å². The highest BCUT2D eigenvalue weighted by atomic mass is 16.3. The van der Waals surface area contributed by atoms with Gasteiger partial charge in [-0.25, -0.2) is 4.98 Å². The van der Waals surface area contributed by atoms with Crippen LogP contribution in [0.2, 0.25) is 0 Å². The zero-order valence-corrected chi connectivity index (χ0v) is 14.4. The molecule has 0 aliphatic heterocycles. The molecule has 0 aromatic carbocycles. The number of amides is 1. The second kappa shape index (κ2) is 6.90. The molecule has 25 heavy (non-hydrogen) atoms.